The summed E-state index contributed by atoms with van der Waals surface area (Å²) >= 11 is 0. The Morgan fingerprint density at radius 3 is 2.85 bits per heavy atom. The minimum absolute atomic E-state index is 0.0159. The molecular formula is C19H25FN2O4. The Balaban J connectivity index is 2.09. The van der Waals surface area contributed by atoms with E-state index in [1.54, 1.807) is 39.0 Å². The molecule has 0 spiro atoms. The van der Waals surface area contributed by atoms with Crippen LogP contribution in [0.1, 0.15) is 44.4 Å². The van der Waals surface area contributed by atoms with Crippen LogP contribution in [-0.2, 0) is 11.2 Å². The van der Waals surface area contributed by atoms with Crippen LogP contribution in [0.5, 0.6) is 5.75 Å². The second-order valence-electron chi connectivity index (χ2n) is 7.63. The van der Waals surface area contributed by atoms with Crippen molar-refractivity contribution in [2.75, 3.05) is 18.9 Å². The fraction of sp³-hybridized carbons (Fsp3) is 0.526. The third-order valence-corrected chi connectivity index (χ3v) is 4.44. The van der Waals surface area contributed by atoms with Gasteiger partial charge in [-0.2, -0.15) is 0 Å². The number of nitrogen functional groups attached to an aromatic ring is 1. The average Bonchev–Trinajstić information content (AvgIpc) is 2.89. The first-order valence-corrected chi connectivity index (χ1v) is 8.75. The minimum Gasteiger partial charge on any atom is -0.492 e. The number of benzene rings is 1. The van der Waals surface area contributed by atoms with E-state index in [0.29, 0.717) is 18.8 Å². The number of amides is 1. The van der Waals surface area contributed by atoms with Crippen molar-refractivity contribution < 1.29 is 23.8 Å². The fourth-order valence-corrected chi connectivity index (χ4v) is 3.36. The SMILES string of the molecule is CC(C)(C)OC(=O)N1CC=CCC(O)C1c1c(F)c(N)cc2c1OCC2. The molecule has 0 bridgehead atoms. The van der Waals surface area contributed by atoms with Gasteiger partial charge in [0.2, 0.25) is 0 Å². The van der Waals surface area contributed by atoms with Gasteiger partial charge in [0, 0.05) is 18.5 Å². The number of aliphatic hydroxyl groups is 1. The normalized spacial score (nSPS) is 22.6. The summed E-state index contributed by atoms with van der Waals surface area (Å²) in [4.78, 5) is 14.1. The Kier molecular flexibility index (Phi) is 4.84. The van der Waals surface area contributed by atoms with Gasteiger partial charge >= 0.3 is 6.09 Å². The maximum Gasteiger partial charge on any atom is 0.411 e. The first-order chi connectivity index (χ1) is 12.2. The molecular weight excluding hydrogens is 339 g/mol. The van der Waals surface area contributed by atoms with E-state index in [4.69, 9.17) is 15.2 Å². The number of hydrogen-bond acceptors (Lipinski definition) is 5. The number of fused-ring (bicyclic) bond motifs is 1. The molecule has 0 fully saturated rings. The van der Waals surface area contributed by atoms with Gasteiger partial charge in [-0.1, -0.05) is 12.2 Å². The zero-order valence-corrected chi connectivity index (χ0v) is 15.3. The molecule has 3 N–H and O–H groups in total. The molecule has 3 rings (SSSR count). The molecule has 2 heterocycles. The standard InChI is InChI=1S/C19H25FN2O4/c1-19(2,3)26-18(24)22-8-5-4-6-13(23)16(22)14-15(20)12(21)10-11-7-9-25-17(11)14/h4-5,10,13,16,23H,6-9,21H2,1-3H3. The van der Waals surface area contributed by atoms with Crippen molar-refractivity contribution in [3.8, 4) is 5.75 Å². The number of rotatable bonds is 1. The third-order valence-electron chi connectivity index (χ3n) is 4.44. The van der Waals surface area contributed by atoms with E-state index in [1.165, 1.54) is 4.90 Å². The highest BCUT2D eigenvalue weighted by atomic mass is 19.1. The molecule has 1 aromatic carbocycles. The molecule has 0 saturated heterocycles. The quantitative estimate of drug-likeness (QED) is 0.591. The van der Waals surface area contributed by atoms with E-state index >= 15 is 4.39 Å². The highest BCUT2D eigenvalue weighted by Crippen LogP contribution is 2.43. The molecule has 0 aliphatic carbocycles. The summed E-state index contributed by atoms with van der Waals surface area (Å²) in [6, 6.07) is 0.607. The van der Waals surface area contributed by atoms with Gasteiger partial charge in [0.15, 0.2) is 5.82 Å². The van der Waals surface area contributed by atoms with Gasteiger partial charge in [0.05, 0.1) is 30.0 Å². The molecule has 0 radical (unpaired) electrons. The van der Waals surface area contributed by atoms with Gasteiger partial charge in [-0.25, -0.2) is 9.18 Å². The average molecular weight is 364 g/mol. The molecule has 0 saturated carbocycles. The lowest BCUT2D eigenvalue weighted by molar-refractivity contribution is -0.00206. The van der Waals surface area contributed by atoms with E-state index in [9.17, 15) is 9.90 Å². The van der Waals surface area contributed by atoms with Gasteiger partial charge in [0.25, 0.3) is 0 Å². The van der Waals surface area contributed by atoms with Gasteiger partial charge in [0.1, 0.15) is 11.4 Å². The van der Waals surface area contributed by atoms with Crippen molar-refractivity contribution in [2.45, 2.75) is 51.4 Å². The van der Waals surface area contributed by atoms with Gasteiger partial charge in [-0.3, -0.25) is 4.90 Å². The van der Waals surface area contributed by atoms with Crippen molar-refractivity contribution in [3.63, 3.8) is 0 Å². The number of anilines is 1. The molecule has 2 aliphatic heterocycles. The van der Waals surface area contributed by atoms with Gasteiger partial charge in [-0.05, 0) is 33.3 Å². The van der Waals surface area contributed by atoms with E-state index in [-0.39, 0.29) is 24.2 Å². The smallest absolute Gasteiger partial charge is 0.411 e. The summed E-state index contributed by atoms with van der Waals surface area (Å²) in [7, 11) is 0. The van der Waals surface area contributed by atoms with Crippen molar-refractivity contribution >= 4 is 11.8 Å². The highest BCUT2D eigenvalue weighted by molar-refractivity contribution is 5.70. The summed E-state index contributed by atoms with van der Waals surface area (Å²) in [5.41, 5.74) is 6.03. The Morgan fingerprint density at radius 1 is 1.42 bits per heavy atom. The van der Waals surface area contributed by atoms with E-state index in [0.717, 1.165) is 5.56 Å². The number of nitrogens with two attached hydrogens (primary N) is 1. The van der Waals surface area contributed by atoms with E-state index in [2.05, 4.69) is 0 Å². The Labute approximate surface area is 152 Å². The molecule has 2 unspecified atom stereocenters. The second kappa shape index (κ2) is 6.79. The fourth-order valence-electron chi connectivity index (χ4n) is 3.36. The third kappa shape index (κ3) is 3.49. The van der Waals surface area contributed by atoms with Crippen LogP contribution in [0.3, 0.4) is 0 Å². The van der Waals surface area contributed by atoms with Crippen LogP contribution in [-0.4, -0.2) is 41.0 Å². The van der Waals surface area contributed by atoms with Gasteiger partial charge in [-0.15, -0.1) is 0 Å². The first-order valence-electron chi connectivity index (χ1n) is 8.75. The van der Waals surface area contributed by atoms with Crippen molar-refractivity contribution in [2.24, 2.45) is 0 Å². The number of nitrogens with zero attached hydrogens (tertiary/aromatic N) is 1. The van der Waals surface area contributed by atoms with E-state index < -0.39 is 29.7 Å². The maximum atomic E-state index is 15.0. The Hall–Kier alpha value is -2.28. The van der Waals surface area contributed by atoms with Crippen LogP contribution in [0.4, 0.5) is 14.9 Å². The predicted octanol–water partition coefficient (Wildman–Crippen LogP) is 2.94. The Bertz CT molecular complexity index is 742. The van der Waals surface area contributed by atoms with E-state index in [1.807, 2.05) is 0 Å². The molecule has 142 valence electrons. The van der Waals surface area contributed by atoms with Gasteiger partial charge < -0.3 is 20.3 Å². The lowest BCUT2D eigenvalue weighted by atomic mass is 9.94. The van der Waals surface area contributed by atoms with Crippen LogP contribution >= 0.6 is 0 Å². The summed E-state index contributed by atoms with van der Waals surface area (Å²) < 4.78 is 26.1. The summed E-state index contributed by atoms with van der Waals surface area (Å²) in [5.74, 6) is -0.290. The predicted molar refractivity (Wildman–Crippen MR) is 95.5 cm³/mol. The van der Waals surface area contributed by atoms with Crippen LogP contribution in [0.25, 0.3) is 0 Å². The molecule has 0 aromatic heterocycles. The van der Waals surface area contributed by atoms with Crippen LogP contribution < -0.4 is 10.5 Å². The Morgan fingerprint density at radius 2 is 2.15 bits per heavy atom. The molecule has 1 amide bonds. The van der Waals surface area contributed by atoms with Crippen LogP contribution in [0, 0.1) is 5.82 Å². The number of hydrogen-bond donors (Lipinski definition) is 2. The van der Waals surface area contributed by atoms with Crippen molar-refractivity contribution in [3.05, 3.63) is 35.2 Å². The van der Waals surface area contributed by atoms with Crippen LogP contribution in [0.2, 0.25) is 0 Å². The second-order valence-corrected chi connectivity index (χ2v) is 7.63. The van der Waals surface area contributed by atoms with Crippen molar-refractivity contribution in [1.29, 1.82) is 0 Å². The number of carbonyl (C=O) groups excluding carboxylic acids is 1. The molecule has 26 heavy (non-hydrogen) atoms. The number of halogens is 1. The first kappa shape index (κ1) is 18.5. The monoisotopic (exact) mass is 364 g/mol. The summed E-state index contributed by atoms with van der Waals surface area (Å²) in [5, 5.41) is 10.7. The number of ether oxygens (including phenoxy) is 2. The zero-order chi connectivity index (χ0) is 19.1. The lowest BCUT2D eigenvalue weighted by Gasteiger charge is -2.35. The van der Waals surface area contributed by atoms with Crippen molar-refractivity contribution in [1.82, 2.24) is 4.90 Å². The zero-order valence-electron chi connectivity index (χ0n) is 15.3. The number of aliphatic hydroxyl groups excluding tert-OH is 1. The minimum atomic E-state index is -1.01. The molecule has 6 nitrogen and oxygen atoms in total. The highest BCUT2D eigenvalue weighted by Gasteiger charge is 2.39. The molecule has 1 aromatic rings. The molecule has 7 heteroatoms. The van der Waals surface area contributed by atoms with Crippen LogP contribution in [0.15, 0.2) is 18.2 Å². The lowest BCUT2D eigenvalue weighted by Crippen LogP contribution is -2.43. The molecule has 2 atom stereocenters. The topological polar surface area (TPSA) is 85.0 Å². The summed E-state index contributed by atoms with van der Waals surface area (Å²) in [6.07, 6.45) is 2.80. The summed E-state index contributed by atoms with van der Waals surface area (Å²) in [6.45, 7) is 5.88. The largest absolute Gasteiger partial charge is 0.492 e. The maximum absolute atomic E-state index is 15.0. The molecule has 2 aliphatic rings. The number of carbonyl (C=O) groups is 1.